The minimum Gasteiger partial charge on any atom is -0.490 e. The highest BCUT2D eigenvalue weighted by atomic mass is 35.5. The van der Waals surface area contributed by atoms with Crippen LogP contribution < -0.4 is 15.0 Å². The van der Waals surface area contributed by atoms with Crippen LogP contribution in [0.15, 0.2) is 48.7 Å². The number of nitrogens with zero attached hydrogens (tertiary/aromatic N) is 3. The van der Waals surface area contributed by atoms with Crippen molar-refractivity contribution in [2.24, 2.45) is 0 Å². The normalized spacial score (nSPS) is 20.3. The van der Waals surface area contributed by atoms with E-state index in [0.29, 0.717) is 35.1 Å². The van der Waals surface area contributed by atoms with Gasteiger partial charge in [-0.05, 0) is 80.9 Å². The lowest BCUT2D eigenvalue weighted by Crippen LogP contribution is -2.29. The number of methoxy groups -OCH3 is 1. The van der Waals surface area contributed by atoms with E-state index in [9.17, 15) is 0 Å². The average molecular weight is 539 g/mol. The first-order chi connectivity index (χ1) is 18.0. The summed E-state index contributed by atoms with van der Waals surface area (Å²) >= 11 is 12.6. The van der Waals surface area contributed by atoms with Gasteiger partial charge in [-0.25, -0.2) is 0 Å². The Hall–Kier alpha value is -2.61. The van der Waals surface area contributed by atoms with E-state index in [4.69, 9.17) is 38.3 Å². The highest BCUT2D eigenvalue weighted by Gasteiger charge is 2.42. The maximum Gasteiger partial charge on any atom is 0.174 e. The van der Waals surface area contributed by atoms with Gasteiger partial charge in [-0.15, -0.1) is 0 Å². The summed E-state index contributed by atoms with van der Waals surface area (Å²) < 4.78 is 13.4. The minimum absolute atomic E-state index is 0.0673. The standard InChI is InChI=1S/C29H35ClN4O2S/c1-19-17-23(20(2)33(19)21-9-5-4-6-10-21)28-27(25-11-7-8-14-31-25)32-29(37)34(28)22-12-13-26(24(30)18-22)36-16-15-35-3/h7-8,11-14,17-18,21,27-28H,4-6,9-10,15-16H2,1-3H3,(H,32,37)/t27-,28+/m1/s1. The molecule has 196 valence electrons. The van der Waals surface area contributed by atoms with Crippen molar-refractivity contribution in [3.63, 3.8) is 0 Å². The Bertz CT molecular complexity index is 1240. The summed E-state index contributed by atoms with van der Waals surface area (Å²) in [5, 5.41) is 4.78. The fraction of sp³-hybridized carbons (Fsp3) is 0.448. The summed E-state index contributed by atoms with van der Waals surface area (Å²) in [7, 11) is 1.65. The molecule has 0 radical (unpaired) electrons. The van der Waals surface area contributed by atoms with Crippen molar-refractivity contribution in [2.75, 3.05) is 25.2 Å². The van der Waals surface area contributed by atoms with E-state index in [1.54, 1.807) is 7.11 Å². The number of anilines is 1. The SMILES string of the molecule is COCCOc1ccc(N2C(=S)N[C@H](c3ccccn3)[C@@H]2c2cc(C)n(C3CCCCC3)c2C)cc1Cl. The highest BCUT2D eigenvalue weighted by Crippen LogP contribution is 2.45. The number of thiocarbonyl (C=S) groups is 1. The van der Waals surface area contributed by atoms with E-state index >= 15 is 0 Å². The summed E-state index contributed by atoms with van der Waals surface area (Å²) in [6, 6.07) is 14.7. The molecule has 37 heavy (non-hydrogen) atoms. The van der Waals surface area contributed by atoms with Crippen molar-refractivity contribution >= 4 is 34.6 Å². The quantitative estimate of drug-likeness (QED) is 0.250. The first kappa shape index (κ1) is 26.0. The van der Waals surface area contributed by atoms with Crippen LogP contribution in [0, 0.1) is 13.8 Å². The molecule has 2 atom stereocenters. The van der Waals surface area contributed by atoms with Crippen LogP contribution in [0.25, 0.3) is 0 Å². The van der Waals surface area contributed by atoms with Crippen molar-refractivity contribution in [3.8, 4) is 5.75 Å². The molecule has 2 fully saturated rings. The van der Waals surface area contributed by atoms with Gasteiger partial charge in [0.05, 0.1) is 29.4 Å². The van der Waals surface area contributed by atoms with Crippen molar-refractivity contribution in [3.05, 3.63) is 76.3 Å². The van der Waals surface area contributed by atoms with Crippen molar-refractivity contribution in [1.29, 1.82) is 0 Å². The second-order valence-electron chi connectivity index (χ2n) is 9.94. The van der Waals surface area contributed by atoms with E-state index in [1.807, 2.05) is 36.5 Å². The van der Waals surface area contributed by atoms with Crippen LogP contribution in [-0.2, 0) is 4.74 Å². The number of hydrogen-bond acceptors (Lipinski definition) is 4. The lowest BCUT2D eigenvalue weighted by atomic mass is 9.94. The molecule has 0 amide bonds. The van der Waals surface area contributed by atoms with E-state index in [0.717, 1.165) is 11.4 Å². The Kier molecular flexibility index (Phi) is 8.03. The maximum atomic E-state index is 6.67. The summed E-state index contributed by atoms with van der Waals surface area (Å²) in [5.74, 6) is 0.633. The number of rotatable bonds is 8. The van der Waals surface area contributed by atoms with Gasteiger partial charge in [-0.2, -0.15) is 0 Å². The van der Waals surface area contributed by atoms with Crippen LogP contribution in [0.1, 0.15) is 72.9 Å². The third kappa shape index (κ3) is 5.22. The molecule has 3 aromatic rings. The lowest BCUT2D eigenvalue weighted by molar-refractivity contribution is 0.146. The van der Waals surface area contributed by atoms with Gasteiger partial charge in [0.2, 0.25) is 0 Å². The van der Waals surface area contributed by atoms with Gasteiger partial charge in [0.15, 0.2) is 5.11 Å². The Labute approximate surface area is 229 Å². The number of ether oxygens (including phenoxy) is 2. The number of hydrogen-bond donors (Lipinski definition) is 1. The largest absolute Gasteiger partial charge is 0.490 e. The predicted octanol–water partition coefficient (Wildman–Crippen LogP) is 6.86. The average Bonchev–Trinajstić information content (AvgIpc) is 3.41. The Morgan fingerprint density at radius 3 is 2.59 bits per heavy atom. The molecule has 0 bridgehead atoms. The van der Waals surface area contributed by atoms with Gasteiger partial charge in [-0.1, -0.05) is 36.9 Å². The van der Waals surface area contributed by atoms with Crippen LogP contribution >= 0.6 is 23.8 Å². The van der Waals surface area contributed by atoms with E-state index in [1.165, 1.54) is 49.1 Å². The fourth-order valence-electron chi connectivity index (χ4n) is 5.94. The van der Waals surface area contributed by atoms with E-state index in [-0.39, 0.29) is 12.1 Å². The highest BCUT2D eigenvalue weighted by molar-refractivity contribution is 7.80. The van der Waals surface area contributed by atoms with Crippen molar-refractivity contribution < 1.29 is 9.47 Å². The van der Waals surface area contributed by atoms with Crippen molar-refractivity contribution in [2.45, 2.75) is 64.1 Å². The van der Waals surface area contributed by atoms with Crippen LogP contribution in [0.4, 0.5) is 5.69 Å². The van der Waals surface area contributed by atoms with E-state index in [2.05, 4.69) is 40.8 Å². The van der Waals surface area contributed by atoms with Crippen LogP contribution in [0.2, 0.25) is 5.02 Å². The third-order valence-corrected chi connectivity index (χ3v) is 8.23. The molecule has 1 aliphatic heterocycles. The number of aryl methyl sites for hydroxylation is 1. The van der Waals surface area contributed by atoms with E-state index < -0.39 is 0 Å². The van der Waals surface area contributed by atoms with Gasteiger partial charge in [-0.3, -0.25) is 4.98 Å². The molecule has 0 unspecified atom stereocenters. The van der Waals surface area contributed by atoms with Gasteiger partial charge < -0.3 is 24.3 Å². The molecular weight excluding hydrogens is 504 g/mol. The molecule has 2 aliphatic rings. The molecular formula is C29H35ClN4O2S. The summed E-state index contributed by atoms with van der Waals surface area (Å²) in [6.45, 7) is 5.43. The topological polar surface area (TPSA) is 51.6 Å². The minimum atomic E-state index is -0.0922. The Morgan fingerprint density at radius 2 is 1.89 bits per heavy atom. The molecule has 2 aromatic heterocycles. The molecule has 1 saturated carbocycles. The first-order valence-electron chi connectivity index (χ1n) is 13.1. The number of benzene rings is 1. The van der Waals surface area contributed by atoms with Gasteiger partial charge in [0.25, 0.3) is 0 Å². The number of nitrogens with one attached hydrogen (secondary N) is 1. The summed E-state index contributed by atoms with van der Waals surface area (Å²) in [5.41, 5.74) is 5.76. The third-order valence-electron chi connectivity index (χ3n) is 7.62. The molecule has 6 nitrogen and oxygen atoms in total. The smallest absolute Gasteiger partial charge is 0.174 e. The molecule has 3 heterocycles. The number of halogens is 1. The number of pyridine rings is 1. The fourth-order valence-corrected chi connectivity index (χ4v) is 6.52. The second kappa shape index (κ2) is 11.4. The van der Waals surface area contributed by atoms with Crippen LogP contribution in [0.5, 0.6) is 5.75 Å². The van der Waals surface area contributed by atoms with Gasteiger partial charge in [0.1, 0.15) is 12.4 Å². The maximum absolute atomic E-state index is 6.67. The molecule has 5 rings (SSSR count). The lowest BCUT2D eigenvalue weighted by Gasteiger charge is -2.30. The van der Waals surface area contributed by atoms with Crippen LogP contribution in [0.3, 0.4) is 0 Å². The molecule has 1 N–H and O–H groups in total. The predicted molar refractivity (Wildman–Crippen MR) is 153 cm³/mol. The first-order valence-corrected chi connectivity index (χ1v) is 13.9. The second-order valence-corrected chi connectivity index (χ2v) is 10.7. The zero-order valence-corrected chi connectivity index (χ0v) is 23.3. The zero-order chi connectivity index (χ0) is 25.9. The number of aromatic nitrogens is 2. The van der Waals surface area contributed by atoms with Gasteiger partial charge >= 0.3 is 0 Å². The Balaban J connectivity index is 1.56. The monoisotopic (exact) mass is 538 g/mol. The molecule has 1 saturated heterocycles. The van der Waals surface area contributed by atoms with Crippen molar-refractivity contribution in [1.82, 2.24) is 14.9 Å². The van der Waals surface area contributed by atoms with Gasteiger partial charge in [0, 0.05) is 36.4 Å². The molecule has 1 aromatic carbocycles. The molecule has 0 spiro atoms. The molecule has 8 heteroatoms. The Morgan fingerprint density at radius 1 is 1.08 bits per heavy atom. The zero-order valence-electron chi connectivity index (χ0n) is 21.7. The summed E-state index contributed by atoms with van der Waals surface area (Å²) in [4.78, 5) is 6.89. The molecule has 1 aliphatic carbocycles. The summed E-state index contributed by atoms with van der Waals surface area (Å²) in [6.07, 6.45) is 8.26. The van der Waals surface area contributed by atoms with Crippen LogP contribution in [-0.4, -0.2) is 35.0 Å².